The second-order valence-electron chi connectivity index (χ2n) is 7.26. The number of nitrogens with one attached hydrogen (secondary N) is 1. The predicted octanol–water partition coefficient (Wildman–Crippen LogP) is 2.88. The minimum atomic E-state index is -3.85. The first-order valence-corrected chi connectivity index (χ1v) is 10.9. The van der Waals surface area contributed by atoms with Gasteiger partial charge < -0.3 is 11.1 Å². The number of benzene rings is 1. The number of nitrogens with two attached hydrogens (primary N) is 1. The fourth-order valence-corrected chi connectivity index (χ4v) is 5.27. The third kappa shape index (κ3) is 4.22. The van der Waals surface area contributed by atoms with Crippen LogP contribution in [0.1, 0.15) is 41.6 Å². The Hall–Kier alpha value is -2.98. The molecular formula is C19H20N4O4S2. The van der Waals surface area contributed by atoms with Crippen LogP contribution < -0.4 is 11.1 Å². The summed E-state index contributed by atoms with van der Waals surface area (Å²) in [5.74, 6) is -1.41. The van der Waals surface area contributed by atoms with Crippen molar-refractivity contribution in [3.05, 3.63) is 59.9 Å². The Kier molecular flexibility index (Phi) is 5.33. The monoisotopic (exact) mass is 432 g/mol. The number of hydrogen-bond acceptors (Lipinski definition) is 6. The first-order chi connectivity index (χ1) is 13.5. The summed E-state index contributed by atoms with van der Waals surface area (Å²) in [7, 11) is -3.85. The predicted molar refractivity (Wildman–Crippen MR) is 110 cm³/mol. The van der Waals surface area contributed by atoms with E-state index in [-0.39, 0.29) is 30.9 Å². The zero-order valence-corrected chi connectivity index (χ0v) is 17.7. The average molecular weight is 433 g/mol. The maximum absolute atomic E-state index is 12.8. The molecular weight excluding hydrogens is 412 g/mol. The second-order valence-corrected chi connectivity index (χ2v) is 10.5. The van der Waals surface area contributed by atoms with Gasteiger partial charge in [0.1, 0.15) is 9.21 Å². The number of carbonyl (C=O) groups is 2. The zero-order chi connectivity index (χ0) is 21.4. The summed E-state index contributed by atoms with van der Waals surface area (Å²) in [5, 5.41) is 6.84. The van der Waals surface area contributed by atoms with E-state index in [9.17, 15) is 18.0 Å². The highest BCUT2D eigenvalue weighted by Crippen LogP contribution is 2.34. The first-order valence-electron chi connectivity index (χ1n) is 8.61. The van der Waals surface area contributed by atoms with Gasteiger partial charge in [0, 0.05) is 6.20 Å². The zero-order valence-electron chi connectivity index (χ0n) is 16.0. The van der Waals surface area contributed by atoms with Crippen molar-refractivity contribution in [2.45, 2.75) is 35.4 Å². The fourth-order valence-electron chi connectivity index (χ4n) is 2.48. The summed E-state index contributed by atoms with van der Waals surface area (Å²) in [4.78, 5) is 24.5. The van der Waals surface area contributed by atoms with E-state index in [1.807, 2.05) is 20.8 Å². The molecule has 29 heavy (non-hydrogen) atoms. The Morgan fingerprint density at radius 2 is 1.79 bits per heavy atom. The summed E-state index contributed by atoms with van der Waals surface area (Å²) in [5.41, 5.74) is 5.14. The molecule has 0 saturated heterocycles. The molecule has 0 unspecified atom stereocenters. The number of hydrogen-bond donors (Lipinski definition) is 2. The standard InChI is InChI=1S/C19H20N4O4S2/c1-19(2,3)23-10-9-14(22-23)17(25)21-18-13(16(20)24)11-15(28-18)29(26,27)12-7-5-4-6-8-12/h4-11H,1-3H3,(H2,20,24)(H,21,25). The minimum Gasteiger partial charge on any atom is -0.366 e. The highest BCUT2D eigenvalue weighted by atomic mass is 32.2. The van der Waals surface area contributed by atoms with E-state index in [2.05, 4.69) is 10.4 Å². The Bertz CT molecular complexity index is 1170. The molecule has 3 rings (SSSR count). The molecule has 0 atom stereocenters. The van der Waals surface area contributed by atoms with Crippen LogP contribution in [-0.2, 0) is 15.4 Å². The van der Waals surface area contributed by atoms with Gasteiger partial charge in [0.25, 0.3) is 11.8 Å². The van der Waals surface area contributed by atoms with Crippen molar-refractivity contribution in [1.82, 2.24) is 9.78 Å². The summed E-state index contributed by atoms with van der Waals surface area (Å²) < 4.78 is 27.2. The van der Waals surface area contributed by atoms with Gasteiger partial charge in [-0.1, -0.05) is 18.2 Å². The molecule has 0 fully saturated rings. The number of sulfone groups is 1. The number of aromatic nitrogens is 2. The summed E-state index contributed by atoms with van der Waals surface area (Å²) in [6, 6.07) is 10.5. The Labute approximate surface area is 172 Å². The topological polar surface area (TPSA) is 124 Å². The van der Waals surface area contributed by atoms with Crippen molar-refractivity contribution in [3.63, 3.8) is 0 Å². The number of nitrogens with zero attached hydrogens (tertiary/aromatic N) is 2. The van der Waals surface area contributed by atoms with E-state index in [4.69, 9.17) is 5.73 Å². The average Bonchev–Trinajstić information content (AvgIpc) is 3.30. The van der Waals surface area contributed by atoms with Gasteiger partial charge in [-0.2, -0.15) is 5.10 Å². The van der Waals surface area contributed by atoms with E-state index in [1.54, 1.807) is 35.1 Å². The van der Waals surface area contributed by atoms with Crippen molar-refractivity contribution < 1.29 is 18.0 Å². The SMILES string of the molecule is CC(C)(C)n1ccc(C(=O)Nc2sc(S(=O)(=O)c3ccccc3)cc2C(N)=O)n1. The molecule has 0 bridgehead atoms. The van der Waals surface area contributed by atoms with Gasteiger partial charge >= 0.3 is 0 Å². The molecule has 3 aromatic rings. The molecule has 152 valence electrons. The number of carbonyl (C=O) groups excluding carboxylic acids is 2. The van der Waals surface area contributed by atoms with Crippen LogP contribution in [0.3, 0.4) is 0 Å². The minimum absolute atomic E-state index is 0.0577. The molecule has 2 amide bonds. The Balaban J connectivity index is 1.95. The Morgan fingerprint density at radius 3 is 2.34 bits per heavy atom. The van der Waals surface area contributed by atoms with E-state index in [0.29, 0.717) is 0 Å². The van der Waals surface area contributed by atoms with Crippen LogP contribution in [0.5, 0.6) is 0 Å². The van der Waals surface area contributed by atoms with Crippen LogP contribution in [0, 0.1) is 0 Å². The molecule has 0 aliphatic carbocycles. The molecule has 3 N–H and O–H groups in total. The highest BCUT2D eigenvalue weighted by molar-refractivity contribution is 7.93. The molecule has 0 spiro atoms. The molecule has 8 nitrogen and oxygen atoms in total. The molecule has 0 saturated carbocycles. The molecule has 0 aliphatic heterocycles. The first kappa shape index (κ1) is 20.7. The molecule has 10 heteroatoms. The third-order valence-corrected chi connectivity index (χ3v) is 7.32. The van der Waals surface area contributed by atoms with Crippen LogP contribution in [0.25, 0.3) is 0 Å². The molecule has 2 aromatic heterocycles. The highest BCUT2D eigenvalue weighted by Gasteiger charge is 2.26. The van der Waals surface area contributed by atoms with Gasteiger partial charge in [0.2, 0.25) is 9.84 Å². The summed E-state index contributed by atoms with van der Waals surface area (Å²) in [6.45, 7) is 5.81. The van der Waals surface area contributed by atoms with Crippen LogP contribution >= 0.6 is 11.3 Å². The molecule has 0 radical (unpaired) electrons. The van der Waals surface area contributed by atoms with Gasteiger partial charge in [-0.3, -0.25) is 14.3 Å². The maximum atomic E-state index is 12.8. The lowest BCUT2D eigenvalue weighted by Gasteiger charge is -2.18. The van der Waals surface area contributed by atoms with Gasteiger partial charge in [-0.05, 0) is 45.0 Å². The van der Waals surface area contributed by atoms with Crippen LogP contribution in [0.15, 0.2) is 57.8 Å². The van der Waals surface area contributed by atoms with Crippen molar-refractivity contribution in [1.29, 1.82) is 0 Å². The van der Waals surface area contributed by atoms with Gasteiger partial charge in [-0.15, -0.1) is 11.3 Å². The molecule has 2 heterocycles. The lowest BCUT2D eigenvalue weighted by atomic mass is 10.1. The molecule has 0 aliphatic rings. The van der Waals surface area contributed by atoms with Gasteiger partial charge in [0.05, 0.1) is 16.0 Å². The van der Waals surface area contributed by atoms with E-state index < -0.39 is 21.7 Å². The van der Waals surface area contributed by atoms with Gasteiger partial charge in [0.15, 0.2) is 5.69 Å². The quantitative estimate of drug-likeness (QED) is 0.641. The van der Waals surface area contributed by atoms with Crippen molar-refractivity contribution >= 4 is 38.0 Å². The van der Waals surface area contributed by atoms with E-state index in [0.717, 1.165) is 11.3 Å². The summed E-state index contributed by atoms with van der Waals surface area (Å²) >= 11 is 0.770. The normalized spacial score (nSPS) is 12.0. The lowest BCUT2D eigenvalue weighted by molar-refractivity contribution is 0.100. The number of primary amides is 1. The van der Waals surface area contributed by atoms with E-state index in [1.165, 1.54) is 18.2 Å². The smallest absolute Gasteiger partial charge is 0.276 e. The maximum Gasteiger partial charge on any atom is 0.276 e. The third-order valence-electron chi connectivity index (χ3n) is 4.03. The van der Waals surface area contributed by atoms with Crippen molar-refractivity contribution in [3.8, 4) is 0 Å². The van der Waals surface area contributed by atoms with Crippen molar-refractivity contribution in [2.24, 2.45) is 5.73 Å². The number of amides is 2. The largest absolute Gasteiger partial charge is 0.366 e. The fraction of sp³-hybridized carbons (Fsp3) is 0.211. The lowest BCUT2D eigenvalue weighted by Crippen LogP contribution is -2.23. The second kappa shape index (κ2) is 7.45. The summed E-state index contributed by atoms with van der Waals surface area (Å²) in [6.07, 6.45) is 1.67. The molecule has 1 aromatic carbocycles. The Morgan fingerprint density at radius 1 is 1.14 bits per heavy atom. The van der Waals surface area contributed by atoms with Crippen molar-refractivity contribution in [2.75, 3.05) is 5.32 Å². The van der Waals surface area contributed by atoms with Crippen LogP contribution in [0.2, 0.25) is 0 Å². The van der Waals surface area contributed by atoms with Crippen LogP contribution in [-0.4, -0.2) is 30.0 Å². The number of anilines is 1. The van der Waals surface area contributed by atoms with E-state index >= 15 is 0 Å². The number of rotatable bonds is 5. The van der Waals surface area contributed by atoms with Crippen LogP contribution in [0.4, 0.5) is 5.00 Å². The number of thiophene rings is 1. The van der Waals surface area contributed by atoms with Gasteiger partial charge in [-0.25, -0.2) is 8.42 Å².